The van der Waals surface area contributed by atoms with Gasteiger partial charge in [-0.3, -0.25) is 0 Å². The average Bonchev–Trinajstić information content (AvgIpc) is 2.63. The second kappa shape index (κ2) is 6.88. The fourth-order valence-corrected chi connectivity index (χ4v) is 1.40. The molecule has 0 aliphatic heterocycles. The molecule has 80 valence electrons. The zero-order valence-corrected chi connectivity index (χ0v) is 12.1. The maximum atomic E-state index is 4.97. The Morgan fingerprint density at radius 3 is 2.47 bits per heavy atom. The molecule has 0 saturated carbocycles. The second-order valence-electron chi connectivity index (χ2n) is 3.06. The van der Waals surface area contributed by atoms with Gasteiger partial charge >= 0.3 is 42.6 Å². The van der Waals surface area contributed by atoms with Crippen LogP contribution in [0, 0.1) is 0 Å². The first-order valence-corrected chi connectivity index (χ1v) is 11.1. The van der Waals surface area contributed by atoms with Crippen LogP contribution in [0.1, 0.15) is 12.5 Å². The van der Waals surface area contributed by atoms with E-state index in [0.29, 0.717) is 0 Å². The normalized spacial score (nSPS) is 9.60. The van der Waals surface area contributed by atoms with Crippen LogP contribution in [0.3, 0.4) is 0 Å². The number of halogens is 3. The molecule has 0 aliphatic carbocycles. The summed E-state index contributed by atoms with van der Waals surface area (Å²) in [4.78, 5) is 0. The molecule has 0 bridgehead atoms. The van der Waals surface area contributed by atoms with Crippen LogP contribution in [-0.2, 0) is 21.1 Å². The molecule has 0 amide bonds. The summed E-state index contributed by atoms with van der Waals surface area (Å²) in [6, 6.07) is 13.1. The summed E-state index contributed by atoms with van der Waals surface area (Å²) in [5, 5.41) is 2.71. The summed E-state index contributed by atoms with van der Waals surface area (Å²) >= 11 is -1.92. The number of hydrogen-bond acceptors (Lipinski definition) is 0. The molecule has 0 nitrogen and oxygen atoms in total. The predicted molar refractivity (Wildman–Crippen MR) is 66.5 cm³/mol. The summed E-state index contributed by atoms with van der Waals surface area (Å²) in [6.45, 7) is 2.18. The molecular weight excluding hydrogens is 286 g/mol. The van der Waals surface area contributed by atoms with E-state index in [2.05, 4.69) is 43.3 Å². The van der Waals surface area contributed by atoms with E-state index >= 15 is 0 Å². The van der Waals surface area contributed by atoms with E-state index in [-0.39, 0.29) is 0 Å². The molecule has 2 rings (SSSR count). The Balaban J connectivity index is 0.000000245. The molecule has 4 heteroatoms. The molecule has 0 heterocycles. The fourth-order valence-electron chi connectivity index (χ4n) is 1.40. The number of rotatable bonds is 1. The zero-order valence-electron chi connectivity index (χ0n) is 8.31. The maximum absolute atomic E-state index is 4.97. The average molecular weight is 297 g/mol. The van der Waals surface area contributed by atoms with Gasteiger partial charge in [-0.2, -0.15) is 17.5 Å². The Kier molecular flexibility index (Phi) is 6.18. The molecule has 0 radical (unpaired) electrons. The molecule has 2 aromatic carbocycles. The van der Waals surface area contributed by atoms with Gasteiger partial charge in [0, 0.05) is 0 Å². The summed E-state index contributed by atoms with van der Waals surface area (Å²) in [5.74, 6) is 0. The van der Waals surface area contributed by atoms with Gasteiger partial charge in [-0.1, -0.05) is 12.5 Å². The van der Waals surface area contributed by atoms with Crippen LogP contribution < -0.4 is 0 Å². The van der Waals surface area contributed by atoms with Crippen molar-refractivity contribution < 1.29 is 14.7 Å². The quantitative estimate of drug-likeness (QED) is 0.502. The second-order valence-corrected chi connectivity index (χ2v) is 10.8. The van der Waals surface area contributed by atoms with Crippen molar-refractivity contribution in [2.75, 3.05) is 0 Å². The number of aryl methyl sites for hydroxylation is 1. The van der Waals surface area contributed by atoms with Crippen LogP contribution in [-0.4, -0.2) is 0 Å². The van der Waals surface area contributed by atoms with Gasteiger partial charge in [0.1, 0.15) is 0 Å². The van der Waals surface area contributed by atoms with E-state index < -0.39 is 14.7 Å². The van der Waals surface area contributed by atoms with Gasteiger partial charge < -0.3 is 0 Å². The van der Waals surface area contributed by atoms with E-state index in [4.69, 9.17) is 27.9 Å². The van der Waals surface area contributed by atoms with Crippen molar-refractivity contribution in [3.05, 3.63) is 42.0 Å². The minimum absolute atomic E-state index is 1.13. The van der Waals surface area contributed by atoms with E-state index in [9.17, 15) is 0 Å². The third-order valence-corrected chi connectivity index (χ3v) is 2.11. The molecule has 15 heavy (non-hydrogen) atoms. The molecule has 0 atom stereocenters. The van der Waals surface area contributed by atoms with Crippen LogP contribution in [0.5, 0.6) is 0 Å². The molecule has 2 aromatic rings. The summed E-state index contributed by atoms with van der Waals surface area (Å²) in [5.41, 5.74) is 1.42. The van der Waals surface area contributed by atoms with Gasteiger partial charge in [0.25, 0.3) is 0 Å². The monoisotopic (exact) mass is 296 g/mol. The van der Waals surface area contributed by atoms with Crippen molar-refractivity contribution in [2.24, 2.45) is 0 Å². The van der Waals surface area contributed by atoms with Gasteiger partial charge in [0.15, 0.2) is 0 Å². The van der Waals surface area contributed by atoms with Gasteiger partial charge in [0.05, 0.1) is 0 Å². The van der Waals surface area contributed by atoms with E-state index in [1.165, 1.54) is 16.3 Å². The molecule has 0 unspecified atom stereocenters. The molecule has 0 spiro atoms. The third-order valence-electron chi connectivity index (χ3n) is 2.11. The van der Waals surface area contributed by atoms with Crippen molar-refractivity contribution >= 4 is 38.7 Å². The van der Waals surface area contributed by atoms with E-state index in [1.807, 2.05) is 0 Å². The standard InChI is InChI=1S/C11H11.3ClH.Ti/c1-2-9-6-7-10-4-3-5-11(10)8-9;;;;/h3-8H,2H2,1H3;3*1H;/q-1;;;;+4/p-3. The van der Waals surface area contributed by atoms with Crippen LogP contribution in [0.15, 0.2) is 36.4 Å². The number of fused-ring (bicyclic) bond motifs is 1. The summed E-state index contributed by atoms with van der Waals surface area (Å²) in [6.07, 6.45) is 1.13. The van der Waals surface area contributed by atoms with Crippen molar-refractivity contribution in [3.8, 4) is 0 Å². The van der Waals surface area contributed by atoms with Crippen LogP contribution in [0.25, 0.3) is 10.8 Å². The zero-order chi connectivity index (χ0) is 11.3. The molecule has 0 aromatic heterocycles. The van der Waals surface area contributed by atoms with Crippen molar-refractivity contribution in [1.29, 1.82) is 0 Å². The molecular formula is C11H11Cl3Ti. The van der Waals surface area contributed by atoms with Crippen LogP contribution >= 0.6 is 27.9 Å². The van der Waals surface area contributed by atoms with Gasteiger partial charge in [0.2, 0.25) is 0 Å². The van der Waals surface area contributed by atoms with E-state index in [1.54, 1.807) is 0 Å². The van der Waals surface area contributed by atoms with Crippen LogP contribution in [0.4, 0.5) is 0 Å². The predicted octanol–water partition coefficient (Wildman–Crippen LogP) is 5.19. The van der Waals surface area contributed by atoms with Crippen molar-refractivity contribution in [1.82, 2.24) is 0 Å². The van der Waals surface area contributed by atoms with Gasteiger partial charge in [-0.15, -0.1) is 29.7 Å². The first-order valence-electron chi connectivity index (χ1n) is 4.61. The third kappa shape index (κ3) is 4.84. The summed E-state index contributed by atoms with van der Waals surface area (Å²) in [7, 11) is 14.9. The number of hydrogen-bond donors (Lipinski definition) is 0. The fraction of sp³-hybridized carbons (Fsp3) is 0.182. The Bertz CT molecular complexity index is 406. The van der Waals surface area contributed by atoms with Gasteiger partial charge in [-0.05, 0) is 6.42 Å². The minimum atomic E-state index is -1.92. The Hall–Kier alpha value is 0.414. The molecule has 0 aliphatic rings. The SMILES string of the molecule is CCc1ccc2[cH-]ccc2c1.[Cl][Ti+]([Cl])[Cl]. The Morgan fingerprint density at radius 2 is 1.87 bits per heavy atom. The molecule has 0 fully saturated rings. The first kappa shape index (κ1) is 13.5. The Morgan fingerprint density at radius 1 is 1.20 bits per heavy atom. The molecule has 0 N–H and O–H groups in total. The van der Waals surface area contributed by atoms with Gasteiger partial charge in [-0.25, -0.2) is 0 Å². The summed E-state index contributed by atoms with van der Waals surface area (Å²) < 4.78 is 0. The van der Waals surface area contributed by atoms with Crippen molar-refractivity contribution in [3.63, 3.8) is 0 Å². The topological polar surface area (TPSA) is 0 Å². The van der Waals surface area contributed by atoms with Crippen molar-refractivity contribution in [2.45, 2.75) is 13.3 Å². The Labute approximate surface area is 108 Å². The first-order chi connectivity index (χ1) is 7.13. The molecule has 0 saturated heterocycles. The number of benzene rings is 1. The van der Waals surface area contributed by atoms with Crippen LogP contribution in [0.2, 0.25) is 0 Å². The van der Waals surface area contributed by atoms with E-state index in [0.717, 1.165) is 6.42 Å².